The summed E-state index contributed by atoms with van der Waals surface area (Å²) in [4.78, 5) is 2.93. The van der Waals surface area contributed by atoms with Crippen molar-refractivity contribution in [3.8, 4) is 0 Å². The van der Waals surface area contributed by atoms with Gasteiger partial charge in [-0.05, 0) is 43.2 Å². The van der Waals surface area contributed by atoms with E-state index < -0.39 is 0 Å². The lowest BCUT2D eigenvalue weighted by atomic mass is 9.96. The van der Waals surface area contributed by atoms with Gasteiger partial charge in [-0.3, -0.25) is 11.3 Å². The lowest BCUT2D eigenvalue weighted by molar-refractivity contribution is 0.361. The van der Waals surface area contributed by atoms with Crippen molar-refractivity contribution in [2.75, 3.05) is 0 Å². The highest BCUT2D eigenvalue weighted by Crippen LogP contribution is 2.48. The first kappa shape index (κ1) is 11.1. The first-order valence-electron chi connectivity index (χ1n) is 5.71. The summed E-state index contributed by atoms with van der Waals surface area (Å²) in [6.07, 6.45) is 4.85. The van der Waals surface area contributed by atoms with Crippen LogP contribution in [0, 0.1) is 5.41 Å². The van der Waals surface area contributed by atoms with E-state index in [4.69, 9.17) is 5.84 Å². The molecule has 1 unspecified atom stereocenters. The van der Waals surface area contributed by atoms with Crippen LogP contribution >= 0.6 is 11.3 Å². The Hall–Kier alpha value is -0.380. The summed E-state index contributed by atoms with van der Waals surface area (Å²) in [6.45, 7) is 4.53. The molecule has 15 heavy (non-hydrogen) atoms. The normalized spacial score (nSPS) is 20.2. The minimum absolute atomic E-state index is 0.445. The first-order valence-corrected chi connectivity index (χ1v) is 6.53. The molecule has 1 fully saturated rings. The van der Waals surface area contributed by atoms with E-state index in [9.17, 15) is 0 Å². The smallest absolute Gasteiger partial charge is 0.0312 e. The summed E-state index contributed by atoms with van der Waals surface area (Å²) >= 11 is 1.92. The molecule has 84 valence electrons. The molecular formula is C12H20N2S. The molecule has 0 spiro atoms. The van der Waals surface area contributed by atoms with E-state index in [0.717, 1.165) is 12.8 Å². The van der Waals surface area contributed by atoms with Crippen LogP contribution in [0.25, 0.3) is 0 Å². The van der Waals surface area contributed by atoms with Crippen molar-refractivity contribution >= 4 is 11.3 Å². The topological polar surface area (TPSA) is 38.0 Å². The summed E-state index contributed by atoms with van der Waals surface area (Å²) < 4.78 is 0. The van der Waals surface area contributed by atoms with Crippen LogP contribution in [0.2, 0.25) is 0 Å². The van der Waals surface area contributed by atoms with E-state index in [1.165, 1.54) is 22.6 Å². The quantitative estimate of drug-likeness (QED) is 0.595. The molecule has 2 nitrogen and oxygen atoms in total. The van der Waals surface area contributed by atoms with E-state index in [1.807, 2.05) is 11.3 Å². The number of nitrogens with one attached hydrogen (secondary N) is 1. The van der Waals surface area contributed by atoms with Crippen molar-refractivity contribution < 1.29 is 0 Å². The Labute approximate surface area is 95.8 Å². The average Bonchev–Trinajstić information content (AvgIpc) is 2.83. The van der Waals surface area contributed by atoms with Gasteiger partial charge < -0.3 is 0 Å². The van der Waals surface area contributed by atoms with Gasteiger partial charge >= 0.3 is 0 Å². The molecular weight excluding hydrogens is 204 g/mol. The number of hydrogen-bond acceptors (Lipinski definition) is 3. The predicted octanol–water partition coefficient (Wildman–Crippen LogP) is 2.49. The second-order valence-electron chi connectivity index (χ2n) is 4.80. The van der Waals surface area contributed by atoms with E-state index in [0.29, 0.717) is 11.5 Å². The van der Waals surface area contributed by atoms with Crippen LogP contribution in [0.3, 0.4) is 0 Å². The molecule has 0 amide bonds. The van der Waals surface area contributed by atoms with Gasteiger partial charge in [0.25, 0.3) is 0 Å². The van der Waals surface area contributed by atoms with Crippen molar-refractivity contribution in [2.24, 2.45) is 11.3 Å². The lowest BCUT2D eigenvalue weighted by Gasteiger charge is -2.21. The second kappa shape index (κ2) is 4.24. The molecule has 0 bridgehead atoms. The Kier molecular flexibility index (Phi) is 3.14. The number of nitrogens with two attached hydrogens (primary N) is 1. The van der Waals surface area contributed by atoms with Crippen LogP contribution in [0.1, 0.15) is 36.4 Å². The van der Waals surface area contributed by atoms with E-state index in [2.05, 4.69) is 31.4 Å². The molecule has 1 heterocycles. The van der Waals surface area contributed by atoms with Gasteiger partial charge in [0.15, 0.2) is 0 Å². The maximum atomic E-state index is 5.64. The Morgan fingerprint density at radius 1 is 1.47 bits per heavy atom. The summed E-state index contributed by atoms with van der Waals surface area (Å²) in [6, 6.07) is 4.93. The lowest BCUT2D eigenvalue weighted by Crippen LogP contribution is -2.42. The highest BCUT2D eigenvalue weighted by atomic mass is 32.1. The largest absolute Gasteiger partial charge is 0.271 e. The van der Waals surface area contributed by atoms with Gasteiger partial charge in [-0.25, -0.2) is 0 Å². The van der Waals surface area contributed by atoms with Crippen molar-refractivity contribution in [1.29, 1.82) is 0 Å². The molecule has 1 aromatic rings. The Bertz CT molecular complexity index is 328. The molecule has 0 aliphatic heterocycles. The van der Waals surface area contributed by atoms with E-state index >= 15 is 0 Å². The number of hydrazine groups is 1. The summed E-state index contributed by atoms with van der Waals surface area (Å²) in [5.74, 6) is 5.64. The number of hydrogen-bond donors (Lipinski definition) is 2. The first-order chi connectivity index (χ1) is 7.18. The van der Waals surface area contributed by atoms with Crippen LogP contribution < -0.4 is 11.3 Å². The Balaban J connectivity index is 2.00. The second-order valence-corrected chi connectivity index (χ2v) is 6.05. The molecule has 1 saturated carbocycles. The molecule has 1 aliphatic carbocycles. The third kappa shape index (κ3) is 2.41. The Morgan fingerprint density at radius 3 is 2.60 bits per heavy atom. The van der Waals surface area contributed by atoms with Crippen LogP contribution in [0.5, 0.6) is 0 Å². The van der Waals surface area contributed by atoms with E-state index in [1.54, 1.807) is 0 Å². The minimum atomic E-state index is 0.445. The zero-order valence-electron chi connectivity index (χ0n) is 9.55. The zero-order valence-corrected chi connectivity index (χ0v) is 10.4. The van der Waals surface area contributed by atoms with Crippen LogP contribution in [0.4, 0.5) is 0 Å². The average molecular weight is 224 g/mol. The number of aryl methyl sites for hydroxylation is 1. The standard InChI is InChI=1S/C12H20N2S/c1-3-9-4-5-10(15-9)8-11(14-13)12(2)6-7-12/h4-5,11,14H,3,6-8,13H2,1-2H3. The molecule has 3 heteroatoms. The molecule has 3 N–H and O–H groups in total. The monoisotopic (exact) mass is 224 g/mol. The van der Waals surface area contributed by atoms with Gasteiger partial charge in [0.1, 0.15) is 0 Å². The van der Waals surface area contributed by atoms with Gasteiger partial charge in [0, 0.05) is 15.8 Å². The highest BCUT2D eigenvalue weighted by molar-refractivity contribution is 7.11. The summed E-state index contributed by atoms with van der Waals surface area (Å²) in [5.41, 5.74) is 3.44. The molecule has 0 aromatic carbocycles. The van der Waals surface area contributed by atoms with Crippen molar-refractivity contribution in [3.63, 3.8) is 0 Å². The fourth-order valence-electron chi connectivity index (χ4n) is 1.98. The van der Waals surface area contributed by atoms with Crippen molar-refractivity contribution in [2.45, 2.75) is 45.6 Å². The van der Waals surface area contributed by atoms with Crippen LogP contribution in [-0.2, 0) is 12.8 Å². The van der Waals surface area contributed by atoms with Gasteiger partial charge in [-0.15, -0.1) is 11.3 Å². The van der Waals surface area contributed by atoms with Crippen molar-refractivity contribution in [1.82, 2.24) is 5.43 Å². The van der Waals surface area contributed by atoms with Gasteiger partial charge in [0.05, 0.1) is 0 Å². The maximum Gasteiger partial charge on any atom is 0.0312 e. The van der Waals surface area contributed by atoms with Crippen LogP contribution in [-0.4, -0.2) is 6.04 Å². The molecule has 1 atom stereocenters. The number of rotatable bonds is 5. The van der Waals surface area contributed by atoms with Crippen LogP contribution in [0.15, 0.2) is 12.1 Å². The third-order valence-electron chi connectivity index (χ3n) is 3.55. The predicted molar refractivity (Wildman–Crippen MR) is 65.9 cm³/mol. The zero-order chi connectivity index (χ0) is 10.9. The fourth-order valence-corrected chi connectivity index (χ4v) is 2.98. The van der Waals surface area contributed by atoms with Gasteiger partial charge in [-0.1, -0.05) is 13.8 Å². The molecule has 1 aliphatic rings. The SMILES string of the molecule is CCc1ccc(CC(NN)C2(C)CC2)s1. The molecule has 0 radical (unpaired) electrons. The maximum absolute atomic E-state index is 5.64. The highest BCUT2D eigenvalue weighted by Gasteiger charge is 2.44. The van der Waals surface area contributed by atoms with Gasteiger partial charge in [0.2, 0.25) is 0 Å². The fraction of sp³-hybridized carbons (Fsp3) is 0.667. The summed E-state index contributed by atoms with van der Waals surface area (Å²) in [7, 11) is 0. The Morgan fingerprint density at radius 2 is 2.13 bits per heavy atom. The summed E-state index contributed by atoms with van der Waals surface area (Å²) in [5, 5.41) is 0. The van der Waals surface area contributed by atoms with E-state index in [-0.39, 0.29) is 0 Å². The number of thiophene rings is 1. The molecule has 2 rings (SSSR count). The molecule has 1 aromatic heterocycles. The molecule has 0 saturated heterocycles. The van der Waals surface area contributed by atoms with Crippen molar-refractivity contribution in [3.05, 3.63) is 21.9 Å². The third-order valence-corrected chi connectivity index (χ3v) is 4.80. The van der Waals surface area contributed by atoms with Gasteiger partial charge in [-0.2, -0.15) is 0 Å². The minimum Gasteiger partial charge on any atom is -0.271 e.